The quantitative estimate of drug-likeness (QED) is 0.373. The van der Waals surface area contributed by atoms with Gasteiger partial charge < -0.3 is 10.2 Å². The molecule has 2 amide bonds. The van der Waals surface area contributed by atoms with E-state index in [9.17, 15) is 18.0 Å². The third-order valence-corrected chi connectivity index (χ3v) is 7.76. The van der Waals surface area contributed by atoms with Crippen molar-refractivity contribution in [2.24, 2.45) is 5.92 Å². The number of halogens is 2. The minimum atomic E-state index is -3.56. The van der Waals surface area contributed by atoms with Crippen LogP contribution < -0.4 is 9.62 Å². The van der Waals surface area contributed by atoms with Gasteiger partial charge in [-0.15, -0.1) is 0 Å². The van der Waals surface area contributed by atoms with Crippen LogP contribution in [0.1, 0.15) is 50.3 Å². The van der Waals surface area contributed by atoms with Crippen LogP contribution in [0.4, 0.5) is 5.69 Å². The Morgan fingerprint density at radius 2 is 1.70 bits per heavy atom. The summed E-state index contributed by atoms with van der Waals surface area (Å²) in [5, 5.41) is 3.75. The molecule has 7 nitrogen and oxygen atoms in total. The number of anilines is 1. The summed E-state index contributed by atoms with van der Waals surface area (Å²) < 4.78 is 26.5. The average Bonchev–Trinajstić information content (AvgIpc) is 2.80. The van der Waals surface area contributed by atoms with Gasteiger partial charge in [0.1, 0.15) is 6.04 Å². The van der Waals surface area contributed by atoms with E-state index in [1.807, 2.05) is 45.9 Å². The molecule has 1 atom stereocenters. The van der Waals surface area contributed by atoms with Crippen molar-refractivity contribution in [2.75, 3.05) is 23.7 Å². The first-order valence-corrected chi connectivity index (χ1v) is 14.9. The molecular weight excluding hydrogens is 533 g/mol. The van der Waals surface area contributed by atoms with E-state index in [1.165, 1.54) is 9.21 Å². The van der Waals surface area contributed by atoms with E-state index in [2.05, 4.69) is 5.32 Å². The zero-order chi connectivity index (χ0) is 27.9. The van der Waals surface area contributed by atoms with Crippen LogP contribution >= 0.6 is 23.2 Å². The molecule has 2 aromatic rings. The predicted molar refractivity (Wildman–Crippen MR) is 152 cm³/mol. The van der Waals surface area contributed by atoms with Crippen LogP contribution in [-0.2, 0) is 26.2 Å². The molecule has 10 heteroatoms. The fraction of sp³-hybridized carbons (Fsp3) is 0.481. The van der Waals surface area contributed by atoms with Gasteiger partial charge in [-0.25, -0.2) is 8.42 Å². The lowest BCUT2D eigenvalue weighted by molar-refractivity contribution is -0.140. The first-order valence-electron chi connectivity index (χ1n) is 12.3. The number of nitrogens with zero attached hydrogens (tertiary/aromatic N) is 2. The highest BCUT2D eigenvalue weighted by molar-refractivity contribution is 7.92. The molecule has 0 unspecified atom stereocenters. The van der Waals surface area contributed by atoms with Gasteiger partial charge in [0, 0.05) is 36.1 Å². The Bertz CT molecular complexity index is 1220. The Labute approximate surface area is 231 Å². The molecule has 0 aliphatic carbocycles. The highest BCUT2D eigenvalue weighted by Crippen LogP contribution is 2.26. The lowest BCUT2D eigenvalue weighted by Gasteiger charge is -2.30. The number of carbonyl (C=O) groups is 2. The zero-order valence-corrected chi connectivity index (χ0v) is 24.7. The van der Waals surface area contributed by atoms with Gasteiger partial charge in [-0.2, -0.15) is 0 Å². The van der Waals surface area contributed by atoms with Gasteiger partial charge in [-0.3, -0.25) is 13.9 Å². The van der Waals surface area contributed by atoms with Gasteiger partial charge in [0.2, 0.25) is 21.8 Å². The number of benzene rings is 2. The molecule has 0 saturated heterocycles. The van der Waals surface area contributed by atoms with Gasteiger partial charge in [0.25, 0.3) is 0 Å². The van der Waals surface area contributed by atoms with Gasteiger partial charge in [0.05, 0.1) is 11.9 Å². The van der Waals surface area contributed by atoms with Crippen LogP contribution in [0, 0.1) is 19.8 Å². The molecule has 0 radical (unpaired) electrons. The molecular formula is C27H37Cl2N3O4S. The molecule has 37 heavy (non-hydrogen) atoms. The smallest absolute Gasteiger partial charge is 0.242 e. The lowest BCUT2D eigenvalue weighted by atomic mass is 10.1. The van der Waals surface area contributed by atoms with Gasteiger partial charge in [-0.05, 0) is 68.0 Å². The number of amides is 2. The standard InChI is InChI=1S/C27H37Cl2N3O4S/c1-18(2)16-30-27(34)21(5)31(17-22-11-12-23(28)15-24(22)29)26(33)8-7-13-32(37(6,35)36)25-14-19(3)9-10-20(25)4/h9-12,14-15,18,21H,7-8,13,16-17H2,1-6H3,(H,30,34)/t21-/m1/s1. The fourth-order valence-corrected chi connectivity index (χ4v) is 5.32. The van der Waals surface area contributed by atoms with Crippen molar-refractivity contribution in [1.29, 1.82) is 0 Å². The van der Waals surface area contributed by atoms with Crippen LogP contribution in [0.3, 0.4) is 0 Å². The number of hydrogen-bond acceptors (Lipinski definition) is 4. The number of rotatable bonds is 12. The topological polar surface area (TPSA) is 86.8 Å². The Kier molecular flexibility index (Phi) is 11.3. The number of sulfonamides is 1. The van der Waals surface area contributed by atoms with Crippen molar-refractivity contribution in [3.63, 3.8) is 0 Å². The number of hydrogen-bond donors (Lipinski definition) is 1. The highest BCUT2D eigenvalue weighted by Gasteiger charge is 2.27. The first kappa shape index (κ1) is 30.9. The monoisotopic (exact) mass is 569 g/mol. The van der Waals surface area contributed by atoms with Gasteiger partial charge >= 0.3 is 0 Å². The van der Waals surface area contributed by atoms with E-state index < -0.39 is 16.1 Å². The molecule has 204 valence electrons. The third-order valence-electron chi connectivity index (χ3n) is 5.99. The number of aryl methyl sites for hydroxylation is 2. The Hall–Kier alpha value is -2.29. The average molecular weight is 571 g/mol. The molecule has 2 aromatic carbocycles. The summed E-state index contributed by atoms with van der Waals surface area (Å²) >= 11 is 12.4. The van der Waals surface area contributed by atoms with E-state index in [4.69, 9.17) is 23.2 Å². The molecule has 0 aromatic heterocycles. The van der Waals surface area contributed by atoms with Crippen LogP contribution in [0.25, 0.3) is 0 Å². The second-order valence-electron chi connectivity index (χ2n) is 9.80. The second-order valence-corrected chi connectivity index (χ2v) is 12.6. The van der Waals surface area contributed by atoms with E-state index in [1.54, 1.807) is 25.1 Å². The normalized spacial score (nSPS) is 12.4. The summed E-state index contributed by atoms with van der Waals surface area (Å²) in [4.78, 5) is 27.7. The zero-order valence-electron chi connectivity index (χ0n) is 22.3. The van der Waals surface area contributed by atoms with Gasteiger partial charge in [0.15, 0.2) is 0 Å². The van der Waals surface area contributed by atoms with E-state index in [-0.39, 0.29) is 43.7 Å². The summed E-state index contributed by atoms with van der Waals surface area (Å²) in [6.45, 7) is 10.2. The highest BCUT2D eigenvalue weighted by atomic mass is 35.5. The van der Waals surface area contributed by atoms with Crippen molar-refractivity contribution in [3.8, 4) is 0 Å². The third kappa shape index (κ3) is 9.20. The molecule has 0 saturated carbocycles. The number of carbonyl (C=O) groups excluding carboxylic acids is 2. The molecule has 2 rings (SSSR count). The summed E-state index contributed by atoms with van der Waals surface area (Å²) in [5.41, 5.74) is 3.03. The maximum Gasteiger partial charge on any atom is 0.242 e. The fourth-order valence-electron chi connectivity index (χ4n) is 3.84. The van der Waals surface area contributed by atoms with Crippen LogP contribution in [0.2, 0.25) is 10.0 Å². The van der Waals surface area contributed by atoms with E-state index >= 15 is 0 Å². The van der Waals surface area contributed by atoms with Crippen LogP contribution in [0.15, 0.2) is 36.4 Å². The molecule has 0 spiro atoms. The van der Waals surface area contributed by atoms with Crippen molar-refractivity contribution in [3.05, 3.63) is 63.1 Å². The first-order chi connectivity index (χ1) is 17.2. The Morgan fingerprint density at radius 3 is 2.30 bits per heavy atom. The van der Waals surface area contributed by atoms with E-state index in [0.29, 0.717) is 27.8 Å². The molecule has 1 N–H and O–H groups in total. The van der Waals surface area contributed by atoms with Gasteiger partial charge in [-0.1, -0.05) is 55.2 Å². The molecule has 0 aliphatic heterocycles. The van der Waals surface area contributed by atoms with Crippen LogP contribution in [-0.4, -0.2) is 50.5 Å². The minimum absolute atomic E-state index is 0.0594. The maximum atomic E-state index is 13.4. The molecule has 0 fully saturated rings. The molecule has 0 bridgehead atoms. The summed E-state index contributed by atoms with van der Waals surface area (Å²) in [6.07, 6.45) is 1.50. The van der Waals surface area contributed by atoms with Crippen molar-refractivity contribution in [2.45, 2.75) is 60.0 Å². The Morgan fingerprint density at radius 1 is 1.03 bits per heavy atom. The SMILES string of the molecule is Cc1ccc(C)c(N(CCCC(=O)N(Cc2ccc(Cl)cc2Cl)[C@H](C)C(=O)NCC(C)C)S(C)(=O)=O)c1. The summed E-state index contributed by atoms with van der Waals surface area (Å²) in [6, 6.07) is 9.89. The second kappa shape index (κ2) is 13.5. The minimum Gasteiger partial charge on any atom is -0.354 e. The largest absolute Gasteiger partial charge is 0.354 e. The maximum absolute atomic E-state index is 13.4. The summed E-state index contributed by atoms with van der Waals surface area (Å²) in [5.74, 6) is -0.272. The Balaban J connectivity index is 2.23. The lowest BCUT2D eigenvalue weighted by Crippen LogP contribution is -2.48. The predicted octanol–water partition coefficient (Wildman–Crippen LogP) is 5.35. The van der Waals surface area contributed by atoms with Crippen LogP contribution in [0.5, 0.6) is 0 Å². The van der Waals surface area contributed by atoms with E-state index in [0.717, 1.165) is 17.4 Å². The van der Waals surface area contributed by atoms with Crippen molar-refractivity contribution < 1.29 is 18.0 Å². The van der Waals surface area contributed by atoms with Crippen molar-refractivity contribution >= 4 is 50.7 Å². The van der Waals surface area contributed by atoms with Crippen molar-refractivity contribution in [1.82, 2.24) is 10.2 Å². The molecule has 0 heterocycles. The molecule has 0 aliphatic rings. The summed E-state index contributed by atoms with van der Waals surface area (Å²) in [7, 11) is -3.56. The number of nitrogens with one attached hydrogen (secondary N) is 1.